The monoisotopic (exact) mass is 753 g/mol. The highest BCUT2D eigenvalue weighted by atomic mass is 19.4. The summed E-state index contributed by atoms with van der Waals surface area (Å²) in [7, 11) is 0. The van der Waals surface area contributed by atoms with Gasteiger partial charge in [0.2, 0.25) is 11.8 Å². The summed E-state index contributed by atoms with van der Waals surface area (Å²) in [6.07, 6.45) is 1.58. The Morgan fingerprint density at radius 3 is 2.32 bits per heavy atom. The zero-order chi connectivity index (χ0) is 38.2. The molecule has 3 aliphatic heterocycles. The first-order chi connectivity index (χ1) is 25.3. The minimum atomic E-state index is -4.63. The number of unbranched alkanes of at least 4 members (excludes halogenated alkanes) is 4. The molecule has 1 aromatic rings. The summed E-state index contributed by atoms with van der Waals surface area (Å²) in [4.78, 5) is 58.8. The number of hydroxylamine groups is 2. The van der Waals surface area contributed by atoms with Gasteiger partial charge in [-0.3, -0.25) is 19.2 Å². The molecule has 1 saturated carbocycles. The molecule has 4 fully saturated rings. The van der Waals surface area contributed by atoms with E-state index in [0.717, 1.165) is 44.6 Å². The van der Waals surface area contributed by atoms with Crippen LogP contribution in [0.3, 0.4) is 0 Å². The fourth-order valence-electron chi connectivity index (χ4n) is 7.71. The zero-order valence-corrected chi connectivity index (χ0v) is 30.2. The van der Waals surface area contributed by atoms with E-state index in [4.69, 9.17) is 24.2 Å². The molecule has 2 amide bonds. The predicted molar refractivity (Wildman–Crippen MR) is 182 cm³/mol. The first-order valence-corrected chi connectivity index (χ1v) is 18.5. The maximum absolute atomic E-state index is 14.4. The van der Waals surface area contributed by atoms with E-state index in [0.29, 0.717) is 24.0 Å². The molecular weight excluding hydrogens is 703 g/mol. The maximum atomic E-state index is 14.4. The SMILES string of the molecule is CCCCCC1(CCCCC)OC2C3CC4(C(=O)NCCC(=O)NCCO)C(ON(Cc5ccc(C=CC(=O)OCC(F)(F)F)cc5)C4C(=O)O3)C2O1. The Kier molecular flexibility index (Phi) is 13.6. The van der Waals surface area contributed by atoms with E-state index in [1.165, 1.54) is 11.1 Å². The van der Waals surface area contributed by atoms with Crippen molar-refractivity contribution in [3.05, 3.63) is 41.5 Å². The molecule has 3 heterocycles. The number of fused-ring (bicyclic) bond motifs is 4. The Labute approximate surface area is 306 Å². The summed E-state index contributed by atoms with van der Waals surface area (Å²) in [6.45, 7) is 2.45. The number of carbonyl (C=O) groups excluding carboxylic acids is 4. The third-order valence-electron chi connectivity index (χ3n) is 10.2. The minimum absolute atomic E-state index is 0.0147. The topological polar surface area (TPSA) is 162 Å². The van der Waals surface area contributed by atoms with Crippen molar-refractivity contribution in [2.75, 3.05) is 26.3 Å². The lowest BCUT2D eigenvalue weighted by molar-refractivity contribution is -0.224. The van der Waals surface area contributed by atoms with E-state index in [1.54, 1.807) is 24.3 Å². The van der Waals surface area contributed by atoms with Crippen LogP contribution in [0.15, 0.2) is 30.3 Å². The van der Waals surface area contributed by atoms with Crippen LogP contribution in [0.5, 0.6) is 0 Å². The van der Waals surface area contributed by atoms with Gasteiger partial charge in [-0.15, -0.1) is 0 Å². The lowest BCUT2D eigenvalue weighted by Gasteiger charge is -2.48. The second-order valence-corrected chi connectivity index (χ2v) is 14.1. The van der Waals surface area contributed by atoms with Gasteiger partial charge in [0, 0.05) is 44.8 Å². The van der Waals surface area contributed by atoms with E-state index in [1.807, 2.05) is 0 Å². The highest BCUT2D eigenvalue weighted by molar-refractivity contribution is 5.94. The molecule has 1 aromatic carbocycles. The number of carbonyl (C=O) groups is 4. The lowest BCUT2D eigenvalue weighted by Crippen LogP contribution is -2.69. The van der Waals surface area contributed by atoms with Crippen molar-refractivity contribution >= 4 is 29.8 Å². The Balaban J connectivity index is 1.39. The molecule has 3 N–H and O–H groups in total. The van der Waals surface area contributed by atoms with Gasteiger partial charge in [0.05, 0.1) is 13.2 Å². The summed E-state index contributed by atoms with van der Waals surface area (Å²) >= 11 is 0. The van der Waals surface area contributed by atoms with Gasteiger partial charge in [0.25, 0.3) is 0 Å². The number of hydrogen-bond donors (Lipinski definition) is 3. The second-order valence-electron chi connectivity index (χ2n) is 14.1. The number of amides is 2. The molecule has 0 spiro atoms. The van der Waals surface area contributed by atoms with Gasteiger partial charge >= 0.3 is 18.1 Å². The van der Waals surface area contributed by atoms with Crippen LogP contribution >= 0.6 is 0 Å². The Hall–Kier alpha value is -3.57. The van der Waals surface area contributed by atoms with Crippen LogP contribution in [-0.4, -0.2) is 103 Å². The van der Waals surface area contributed by atoms with Crippen molar-refractivity contribution in [2.45, 2.75) is 127 Å². The van der Waals surface area contributed by atoms with E-state index in [9.17, 15) is 32.3 Å². The lowest BCUT2D eigenvalue weighted by atomic mass is 9.62. The van der Waals surface area contributed by atoms with Crippen LogP contribution < -0.4 is 10.6 Å². The molecule has 0 radical (unpaired) electrons. The standard InChI is InChI=1S/C37H50F3N3O10/c1-3-5-7-16-35(17-8-6-4-2)51-29-26-21-36(34(48)42-18-15-27(45)41-19-20-44)31(33(47)50-26)43(53-32(36)30(29)52-35)22-25-11-9-24(10-12-25)13-14-28(46)49-23-37(38,39)40/h9-14,26,29-32,44H,3-8,15-23H2,1-2H3,(H,41,45)(H,42,48). The van der Waals surface area contributed by atoms with Crippen molar-refractivity contribution < 1.29 is 61.2 Å². The van der Waals surface area contributed by atoms with Crippen molar-refractivity contribution in [1.82, 2.24) is 15.7 Å². The summed E-state index contributed by atoms with van der Waals surface area (Å²) in [5, 5.41) is 15.9. The van der Waals surface area contributed by atoms with E-state index in [2.05, 4.69) is 29.2 Å². The molecule has 294 valence electrons. The summed E-state index contributed by atoms with van der Waals surface area (Å²) in [5.41, 5.74) is -0.261. The number of aliphatic hydroxyl groups excluding tert-OH is 1. The van der Waals surface area contributed by atoms with Crippen LogP contribution in [0.4, 0.5) is 13.2 Å². The molecule has 4 aliphatic rings. The molecule has 0 aromatic heterocycles. The van der Waals surface area contributed by atoms with E-state index >= 15 is 0 Å². The number of hydrogen-bond acceptors (Lipinski definition) is 11. The zero-order valence-electron chi connectivity index (χ0n) is 30.2. The molecule has 5 rings (SSSR count). The first-order valence-electron chi connectivity index (χ1n) is 18.5. The minimum Gasteiger partial charge on any atom is -0.458 e. The van der Waals surface area contributed by atoms with Gasteiger partial charge in [-0.25, -0.2) is 4.79 Å². The second kappa shape index (κ2) is 17.7. The third kappa shape index (κ3) is 9.57. The number of esters is 2. The van der Waals surface area contributed by atoms with Crippen molar-refractivity contribution in [3.63, 3.8) is 0 Å². The largest absolute Gasteiger partial charge is 0.458 e. The number of nitrogens with one attached hydrogen (secondary N) is 2. The maximum Gasteiger partial charge on any atom is 0.422 e. The number of aliphatic hydroxyl groups is 1. The molecule has 53 heavy (non-hydrogen) atoms. The van der Waals surface area contributed by atoms with Crippen molar-refractivity contribution in [3.8, 4) is 0 Å². The van der Waals surface area contributed by atoms with Crippen molar-refractivity contribution in [2.24, 2.45) is 5.41 Å². The van der Waals surface area contributed by atoms with Gasteiger partial charge in [0.15, 0.2) is 18.4 Å². The first kappa shape index (κ1) is 40.6. The fraction of sp³-hybridized carbons (Fsp3) is 0.676. The van der Waals surface area contributed by atoms with Crippen LogP contribution in [0.25, 0.3) is 6.08 Å². The average Bonchev–Trinajstić information content (AvgIpc) is 3.68. The molecule has 13 nitrogen and oxygen atoms in total. The molecule has 6 atom stereocenters. The highest BCUT2D eigenvalue weighted by Gasteiger charge is 2.76. The van der Waals surface area contributed by atoms with Gasteiger partial charge in [-0.2, -0.15) is 18.2 Å². The number of halogens is 3. The number of rotatable bonds is 19. The molecule has 1 aliphatic carbocycles. The van der Waals surface area contributed by atoms with E-state index < -0.39 is 72.3 Å². The average molecular weight is 754 g/mol. The predicted octanol–water partition coefficient (Wildman–Crippen LogP) is 3.86. The number of nitrogens with zero attached hydrogens (tertiary/aromatic N) is 1. The van der Waals surface area contributed by atoms with E-state index in [-0.39, 0.29) is 45.0 Å². The van der Waals surface area contributed by atoms with Crippen LogP contribution in [0.2, 0.25) is 0 Å². The molecule has 6 unspecified atom stereocenters. The molecule has 16 heteroatoms. The number of alkyl halides is 3. The van der Waals surface area contributed by atoms with Gasteiger partial charge in [-0.1, -0.05) is 63.8 Å². The smallest absolute Gasteiger partial charge is 0.422 e. The summed E-state index contributed by atoms with van der Waals surface area (Å²) < 4.78 is 60.9. The third-order valence-corrected chi connectivity index (χ3v) is 10.2. The molecular formula is C37H50F3N3O10. The fourth-order valence-corrected chi connectivity index (χ4v) is 7.71. The molecule has 3 saturated heterocycles. The van der Waals surface area contributed by atoms with Gasteiger partial charge in [-0.05, 0) is 30.0 Å². The summed E-state index contributed by atoms with van der Waals surface area (Å²) in [6, 6.07) is 5.51. The van der Waals surface area contributed by atoms with Gasteiger partial charge in [0.1, 0.15) is 29.8 Å². The van der Waals surface area contributed by atoms with Gasteiger partial charge < -0.3 is 34.7 Å². The number of ether oxygens (including phenoxy) is 4. The number of benzene rings is 1. The Morgan fingerprint density at radius 2 is 1.68 bits per heavy atom. The van der Waals surface area contributed by atoms with Crippen molar-refractivity contribution in [1.29, 1.82) is 0 Å². The van der Waals surface area contributed by atoms with Crippen LogP contribution in [0, 0.1) is 5.41 Å². The summed E-state index contributed by atoms with van der Waals surface area (Å²) in [5.74, 6) is -3.54. The Bertz CT molecular complexity index is 1460. The quantitative estimate of drug-likeness (QED) is 0.107. The van der Waals surface area contributed by atoms with Crippen LogP contribution in [-0.2, 0) is 49.5 Å². The highest BCUT2D eigenvalue weighted by Crippen LogP contribution is 2.58. The van der Waals surface area contributed by atoms with Crippen LogP contribution in [0.1, 0.15) is 89.2 Å². The molecule has 2 bridgehead atoms. The normalized spacial score (nSPS) is 27.4. The Morgan fingerprint density at radius 1 is 1.00 bits per heavy atom.